The number of fused-ring (bicyclic) bond motifs is 1. The fourth-order valence-corrected chi connectivity index (χ4v) is 3.54. The minimum atomic E-state index is -4.57. The molecule has 10 nitrogen and oxygen atoms in total. The first-order chi connectivity index (χ1) is 16.5. The van der Waals surface area contributed by atoms with Crippen molar-refractivity contribution in [2.45, 2.75) is 52.0 Å². The van der Waals surface area contributed by atoms with Crippen LogP contribution in [0.25, 0.3) is 5.65 Å². The van der Waals surface area contributed by atoms with Gasteiger partial charge in [-0.15, -0.1) is 0 Å². The van der Waals surface area contributed by atoms with Gasteiger partial charge in [-0.3, -0.25) is 23.9 Å². The summed E-state index contributed by atoms with van der Waals surface area (Å²) in [6, 6.07) is 1.95. The Kier molecular flexibility index (Phi) is 6.26. The van der Waals surface area contributed by atoms with Gasteiger partial charge in [0, 0.05) is 25.3 Å². The minimum Gasteiger partial charge on any atom is -0.492 e. The molecule has 3 aromatic rings. The minimum absolute atomic E-state index is 0.00721. The van der Waals surface area contributed by atoms with Gasteiger partial charge in [-0.2, -0.15) is 22.8 Å². The monoisotopic (exact) mass is 492 g/mol. The highest BCUT2D eigenvalue weighted by Gasteiger charge is 2.32. The summed E-state index contributed by atoms with van der Waals surface area (Å²) in [5.41, 5.74) is -2.01. The zero-order valence-electron chi connectivity index (χ0n) is 18.9. The van der Waals surface area contributed by atoms with Crippen LogP contribution in [0.1, 0.15) is 58.7 Å². The van der Waals surface area contributed by atoms with Crippen molar-refractivity contribution in [3.05, 3.63) is 57.3 Å². The highest BCUT2D eigenvalue weighted by atomic mass is 19.4. The molecule has 1 aliphatic rings. The number of carbonyl (C=O) groups excluding carboxylic acids is 2. The lowest BCUT2D eigenvalue weighted by Gasteiger charge is -2.15. The number of halogens is 3. The fourth-order valence-electron chi connectivity index (χ4n) is 3.54. The van der Waals surface area contributed by atoms with Gasteiger partial charge in [0.15, 0.2) is 11.2 Å². The molecule has 35 heavy (non-hydrogen) atoms. The molecule has 1 fully saturated rings. The molecule has 0 aromatic carbocycles. The van der Waals surface area contributed by atoms with E-state index in [0.717, 1.165) is 35.8 Å². The van der Waals surface area contributed by atoms with Crippen LogP contribution in [0.3, 0.4) is 0 Å². The number of rotatable bonds is 7. The predicted molar refractivity (Wildman–Crippen MR) is 117 cm³/mol. The van der Waals surface area contributed by atoms with E-state index in [1.165, 1.54) is 10.6 Å². The first-order valence-electron chi connectivity index (χ1n) is 10.9. The molecule has 3 N–H and O–H groups in total. The van der Waals surface area contributed by atoms with Crippen molar-refractivity contribution < 1.29 is 27.9 Å². The van der Waals surface area contributed by atoms with E-state index >= 15 is 0 Å². The Labute approximate surface area is 196 Å². The second kappa shape index (κ2) is 9.04. The molecule has 0 aliphatic heterocycles. The number of pyridine rings is 1. The van der Waals surface area contributed by atoms with Crippen LogP contribution in [0, 0.1) is 5.92 Å². The van der Waals surface area contributed by atoms with E-state index in [9.17, 15) is 32.7 Å². The van der Waals surface area contributed by atoms with Gasteiger partial charge in [0.05, 0.1) is 6.20 Å². The molecular formula is C22H23F3N6O4. The highest BCUT2D eigenvalue weighted by molar-refractivity contribution is 6.01. The Morgan fingerprint density at radius 3 is 2.49 bits per heavy atom. The van der Waals surface area contributed by atoms with E-state index < -0.39 is 40.7 Å². The molecule has 0 bridgehead atoms. The molecule has 13 heteroatoms. The second-order valence-corrected chi connectivity index (χ2v) is 8.78. The number of nitrogens with one attached hydrogen (secondary N) is 2. The molecule has 1 saturated carbocycles. The topological polar surface area (TPSA) is 131 Å². The Morgan fingerprint density at radius 1 is 1.20 bits per heavy atom. The smallest absolute Gasteiger partial charge is 0.433 e. The number of nitrogens with zero attached hydrogens (tertiary/aromatic N) is 4. The molecule has 0 spiro atoms. The molecule has 3 heterocycles. The van der Waals surface area contributed by atoms with Gasteiger partial charge in [0.1, 0.15) is 11.3 Å². The summed E-state index contributed by atoms with van der Waals surface area (Å²) in [5.74, 6) is -2.13. The molecule has 0 unspecified atom stereocenters. The van der Waals surface area contributed by atoms with Crippen LogP contribution >= 0.6 is 0 Å². The van der Waals surface area contributed by atoms with Crippen LogP contribution in [-0.4, -0.2) is 42.1 Å². The van der Waals surface area contributed by atoms with Crippen LogP contribution in [-0.2, 0) is 19.3 Å². The summed E-state index contributed by atoms with van der Waals surface area (Å²) in [6.07, 6.45) is -0.848. The first-order valence-corrected chi connectivity index (χ1v) is 10.9. The maximum absolute atomic E-state index is 13.2. The number of hydrogen-bond donors (Lipinski definition) is 3. The normalized spacial score (nSPS) is 13.9. The Hall–Kier alpha value is -3.90. The van der Waals surface area contributed by atoms with Gasteiger partial charge in [-0.05, 0) is 30.4 Å². The second-order valence-electron chi connectivity index (χ2n) is 8.78. The van der Waals surface area contributed by atoms with E-state index in [0.29, 0.717) is 5.56 Å². The van der Waals surface area contributed by atoms with Crippen molar-refractivity contribution >= 4 is 17.5 Å². The summed E-state index contributed by atoms with van der Waals surface area (Å²) in [4.78, 5) is 42.1. The third-order valence-corrected chi connectivity index (χ3v) is 5.38. The lowest BCUT2D eigenvalue weighted by Crippen LogP contribution is -2.36. The number of aromatic hydroxyl groups is 1. The van der Waals surface area contributed by atoms with E-state index in [2.05, 4.69) is 20.7 Å². The third kappa shape index (κ3) is 4.98. The molecule has 3 aromatic heterocycles. The lowest BCUT2D eigenvalue weighted by molar-refractivity contribution is -0.141. The zero-order chi connectivity index (χ0) is 25.5. The van der Waals surface area contributed by atoms with E-state index in [1.807, 2.05) is 13.8 Å². The molecular weight excluding hydrogens is 469 g/mol. The van der Waals surface area contributed by atoms with Crippen LogP contribution in [0.2, 0.25) is 0 Å². The molecule has 2 amide bonds. The average Bonchev–Trinajstić information content (AvgIpc) is 3.48. The average molecular weight is 492 g/mol. The van der Waals surface area contributed by atoms with Crippen LogP contribution in [0.5, 0.6) is 5.88 Å². The molecule has 0 atom stereocenters. The number of aromatic nitrogens is 4. The van der Waals surface area contributed by atoms with Crippen LogP contribution in [0.15, 0.2) is 29.3 Å². The quantitative estimate of drug-likeness (QED) is 0.463. The van der Waals surface area contributed by atoms with Crippen molar-refractivity contribution in [3.63, 3.8) is 0 Å². The Morgan fingerprint density at radius 2 is 1.91 bits per heavy atom. The van der Waals surface area contributed by atoms with Gasteiger partial charge in [0.25, 0.3) is 17.4 Å². The largest absolute Gasteiger partial charge is 0.492 e. The van der Waals surface area contributed by atoms with Crippen molar-refractivity contribution in [2.24, 2.45) is 5.92 Å². The van der Waals surface area contributed by atoms with Gasteiger partial charge in [0.2, 0.25) is 5.88 Å². The zero-order valence-corrected chi connectivity index (χ0v) is 18.9. The maximum atomic E-state index is 13.2. The standard InChI is InChI=1S/C22H23F3N6O4/c1-11(2)10-30-19-14(17(32)27-8-12-3-6-15(26-7-12)22(23,24)25)9-28-31(19)21(35)16(20(30)34)18(33)29-13-4-5-13/h3,6-7,9,11,13,35H,4-5,8,10H2,1-2H3,(H,27,32)(H,29,33). The maximum Gasteiger partial charge on any atom is 0.433 e. The Bertz CT molecular complexity index is 1340. The third-order valence-electron chi connectivity index (χ3n) is 5.38. The molecule has 1 aliphatic carbocycles. The van der Waals surface area contributed by atoms with E-state index in [4.69, 9.17) is 0 Å². The van der Waals surface area contributed by atoms with Gasteiger partial charge in [-0.1, -0.05) is 19.9 Å². The van der Waals surface area contributed by atoms with Crippen LogP contribution in [0.4, 0.5) is 13.2 Å². The molecule has 0 radical (unpaired) electrons. The number of hydrogen-bond acceptors (Lipinski definition) is 6. The lowest BCUT2D eigenvalue weighted by atomic mass is 10.2. The summed E-state index contributed by atoms with van der Waals surface area (Å²) >= 11 is 0. The van der Waals surface area contributed by atoms with Gasteiger partial charge in [-0.25, -0.2) is 0 Å². The first kappa shape index (κ1) is 24.2. The predicted octanol–water partition coefficient (Wildman–Crippen LogP) is 2.09. The molecule has 0 saturated heterocycles. The Balaban J connectivity index is 1.66. The van der Waals surface area contributed by atoms with E-state index in [-0.39, 0.29) is 36.3 Å². The fraction of sp³-hybridized carbons (Fsp3) is 0.409. The SMILES string of the molecule is CC(C)Cn1c(=O)c(C(=O)NC2CC2)c(O)n2ncc(C(=O)NCc3ccc(C(F)(F)F)nc3)c12. The number of amides is 2. The van der Waals surface area contributed by atoms with Gasteiger partial charge >= 0.3 is 6.18 Å². The van der Waals surface area contributed by atoms with E-state index in [1.54, 1.807) is 0 Å². The van der Waals surface area contributed by atoms with Crippen LogP contribution < -0.4 is 16.2 Å². The summed E-state index contributed by atoms with van der Waals surface area (Å²) in [5, 5.41) is 19.9. The highest BCUT2D eigenvalue weighted by Crippen LogP contribution is 2.27. The number of alkyl halides is 3. The molecule has 4 rings (SSSR count). The number of carbonyl (C=O) groups is 2. The van der Waals surface area contributed by atoms with Gasteiger partial charge < -0.3 is 15.7 Å². The van der Waals surface area contributed by atoms with Crippen molar-refractivity contribution in [1.29, 1.82) is 0 Å². The summed E-state index contributed by atoms with van der Waals surface area (Å²) < 4.78 is 40.2. The van der Waals surface area contributed by atoms with Crippen molar-refractivity contribution in [2.75, 3.05) is 0 Å². The van der Waals surface area contributed by atoms with Crippen molar-refractivity contribution in [1.82, 2.24) is 29.8 Å². The van der Waals surface area contributed by atoms with Crippen molar-refractivity contribution in [3.8, 4) is 5.88 Å². The summed E-state index contributed by atoms with van der Waals surface area (Å²) in [6.45, 7) is 3.69. The molecule has 186 valence electrons. The summed E-state index contributed by atoms with van der Waals surface area (Å²) in [7, 11) is 0.